The van der Waals surface area contributed by atoms with Crippen molar-refractivity contribution in [3.05, 3.63) is 59.2 Å². The van der Waals surface area contributed by atoms with Gasteiger partial charge >= 0.3 is 6.03 Å². The summed E-state index contributed by atoms with van der Waals surface area (Å²) in [7, 11) is 0. The molecule has 0 saturated heterocycles. The van der Waals surface area contributed by atoms with Crippen molar-refractivity contribution < 1.29 is 9.59 Å². The van der Waals surface area contributed by atoms with Gasteiger partial charge in [-0.1, -0.05) is 30.3 Å². The second-order valence-electron chi connectivity index (χ2n) is 8.35. The molecule has 3 N–H and O–H groups in total. The molecular formula is C23H25N3O2. The third kappa shape index (κ3) is 2.68. The average molecular weight is 375 g/mol. The first-order valence-electron chi connectivity index (χ1n) is 10.2. The van der Waals surface area contributed by atoms with Crippen molar-refractivity contribution >= 4 is 23.3 Å². The second kappa shape index (κ2) is 6.36. The van der Waals surface area contributed by atoms with Crippen molar-refractivity contribution in [1.82, 2.24) is 0 Å². The van der Waals surface area contributed by atoms with E-state index in [0.717, 1.165) is 55.5 Å². The lowest BCUT2D eigenvalue weighted by Gasteiger charge is -2.28. The van der Waals surface area contributed by atoms with Crippen molar-refractivity contribution in [3.8, 4) is 0 Å². The molecule has 1 fully saturated rings. The number of rotatable bonds is 2. The Labute approximate surface area is 164 Å². The van der Waals surface area contributed by atoms with Crippen molar-refractivity contribution in [2.45, 2.75) is 43.9 Å². The molecule has 1 heterocycles. The van der Waals surface area contributed by atoms with Crippen molar-refractivity contribution in [2.75, 3.05) is 16.8 Å². The number of carbonyl (C=O) groups excluding carboxylic acids is 2. The maximum Gasteiger partial charge on any atom is 0.319 e. The Morgan fingerprint density at radius 2 is 1.89 bits per heavy atom. The smallest absolute Gasteiger partial charge is 0.319 e. The Bertz CT molecular complexity index is 970. The predicted molar refractivity (Wildman–Crippen MR) is 109 cm³/mol. The van der Waals surface area contributed by atoms with Crippen LogP contribution in [0.2, 0.25) is 0 Å². The van der Waals surface area contributed by atoms with E-state index in [-0.39, 0.29) is 17.2 Å². The van der Waals surface area contributed by atoms with Crippen LogP contribution in [0.3, 0.4) is 0 Å². The number of hydrogen-bond donors (Lipinski definition) is 2. The minimum Gasteiger partial charge on any atom is -0.351 e. The van der Waals surface area contributed by atoms with Gasteiger partial charge in [0.05, 0.1) is 5.69 Å². The number of nitrogens with zero attached hydrogens (tertiary/aromatic N) is 1. The van der Waals surface area contributed by atoms with E-state index in [2.05, 4.69) is 29.6 Å². The Balaban J connectivity index is 1.37. The van der Waals surface area contributed by atoms with Gasteiger partial charge in [0.15, 0.2) is 0 Å². The molecule has 1 aliphatic heterocycles. The number of hydrogen-bond acceptors (Lipinski definition) is 2. The van der Waals surface area contributed by atoms with Crippen LogP contribution in [0.15, 0.2) is 42.5 Å². The van der Waals surface area contributed by atoms with E-state index in [0.29, 0.717) is 6.54 Å². The van der Waals surface area contributed by atoms with Gasteiger partial charge in [-0.05, 0) is 67.3 Å². The summed E-state index contributed by atoms with van der Waals surface area (Å²) >= 11 is 0. The normalized spacial score (nSPS) is 25.0. The number of nitrogens with two attached hydrogens (primary N) is 1. The molecular weight excluding hydrogens is 350 g/mol. The largest absolute Gasteiger partial charge is 0.351 e. The van der Waals surface area contributed by atoms with Gasteiger partial charge in [-0.2, -0.15) is 0 Å². The Morgan fingerprint density at radius 3 is 2.75 bits per heavy atom. The van der Waals surface area contributed by atoms with Crippen LogP contribution in [0.25, 0.3) is 0 Å². The molecule has 144 valence electrons. The van der Waals surface area contributed by atoms with Crippen molar-refractivity contribution in [3.63, 3.8) is 0 Å². The zero-order chi connectivity index (χ0) is 19.3. The highest BCUT2D eigenvalue weighted by Crippen LogP contribution is 2.60. The van der Waals surface area contributed by atoms with Crippen LogP contribution in [0.5, 0.6) is 0 Å². The lowest BCUT2D eigenvalue weighted by atomic mass is 9.78. The Kier molecular flexibility index (Phi) is 3.93. The fraction of sp³-hybridized carbons (Fsp3) is 0.391. The van der Waals surface area contributed by atoms with Crippen LogP contribution in [-0.2, 0) is 23.1 Å². The zero-order valence-electron chi connectivity index (χ0n) is 15.9. The number of carbonyl (C=O) groups is 2. The summed E-state index contributed by atoms with van der Waals surface area (Å²) in [6.07, 6.45) is 6.10. The SMILES string of the molecule is NC(=O)N1CCCc2ccc(NC(=O)C3CC34CCCc3ccccc34)cc21. The molecule has 3 amide bonds. The van der Waals surface area contributed by atoms with E-state index in [4.69, 9.17) is 5.73 Å². The molecule has 1 saturated carbocycles. The molecule has 0 aromatic heterocycles. The van der Waals surface area contributed by atoms with Gasteiger partial charge in [-0.15, -0.1) is 0 Å². The summed E-state index contributed by atoms with van der Waals surface area (Å²) in [5, 5.41) is 3.10. The number of fused-ring (bicyclic) bond motifs is 3. The standard InChI is InChI=1S/C23H25N3O2/c24-22(28)26-12-4-7-16-9-10-17(13-20(16)26)25-21(27)19-14-23(19)11-3-6-15-5-1-2-8-18(15)23/h1-2,5,8-10,13,19H,3-4,6-7,11-12,14H2,(H2,24,28)(H,25,27). The van der Waals surface area contributed by atoms with Gasteiger partial charge in [0.1, 0.15) is 0 Å². The molecule has 1 spiro atoms. The highest BCUT2D eigenvalue weighted by Gasteiger charge is 2.60. The molecule has 2 atom stereocenters. The van der Waals surface area contributed by atoms with Crippen LogP contribution in [0.4, 0.5) is 16.2 Å². The van der Waals surface area contributed by atoms with Crippen molar-refractivity contribution in [1.29, 1.82) is 0 Å². The van der Waals surface area contributed by atoms with Gasteiger partial charge in [-0.25, -0.2) is 4.79 Å². The molecule has 5 rings (SSSR count). The Morgan fingerprint density at radius 1 is 1.07 bits per heavy atom. The molecule has 28 heavy (non-hydrogen) atoms. The summed E-state index contributed by atoms with van der Waals surface area (Å²) in [6, 6.07) is 14.0. The molecule has 5 heteroatoms. The summed E-state index contributed by atoms with van der Waals surface area (Å²) in [6.45, 7) is 0.627. The first-order valence-corrected chi connectivity index (χ1v) is 10.2. The van der Waals surface area contributed by atoms with Crippen LogP contribution < -0.4 is 16.0 Å². The molecule has 2 aromatic rings. The summed E-state index contributed by atoms with van der Waals surface area (Å²) in [5.74, 6) is 0.107. The molecule has 2 unspecified atom stereocenters. The van der Waals surface area contributed by atoms with E-state index >= 15 is 0 Å². The first kappa shape index (κ1) is 17.3. The third-order valence-electron chi connectivity index (χ3n) is 6.75. The molecule has 2 aliphatic carbocycles. The highest BCUT2D eigenvalue weighted by molar-refractivity contribution is 5.98. The predicted octanol–water partition coefficient (Wildman–Crippen LogP) is 3.75. The van der Waals surface area contributed by atoms with E-state index < -0.39 is 6.03 Å². The molecule has 0 bridgehead atoms. The molecule has 5 nitrogen and oxygen atoms in total. The highest BCUT2D eigenvalue weighted by atomic mass is 16.2. The van der Waals surface area contributed by atoms with Gasteiger partial charge < -0.3 is 11.1 Å². The monoisotopic (exact) mass is 375 g/mol. The molecule has 2 aromatic carbocycles. The van der Waals surface area contributed by atoms with Crippen LogP contribution in [0, 0.1) is 5.92 Å². The third-order valence-corrected chi connectivity index (χ3v) is 6.75. The summed E-state index contributed by atoms with van der Waals surface area (Å²) in [4.78, 5) is 26.4. The number of anilines is 2. The van der Waals surface area contributed by atoms with E-state index in [9.17, 15) is 9.59 Å². The fourth-order valence-corrected chi connectivity index (χ4v) is 5.29. The Hall–Kier alpha value is -2.82. The topological polar surface area (TPSA) is 75.4 Å². The fourth-order valence-electron chi connectivity index (χ4n) is 5.29. The van der Waals surface area contributed by atoms with Crippen molar-refractivity contribution in [2.24, 2.45) is 11.7 Å². The number of amides is 3. The maximum absolute atomic E-state index is 13.0. The molecule has 3 aliphatic rings. The van der Waals surface area contributed by atoms with E-state index in [1.54, 1.807) is 4.90 Å². The van der Waals surface area contributed by atoms with Gasteiger partial charge in [0, 0.05) is 23.6 Å². The minimum atomic E-state index is -0.440. The van der Waals surface area contributed by atoms with Gasteiger partial charge in [0.25, 0.3) is 0 Å². The number of primary amides is 1. The number of aryl methyl sites for hydroxylation is 2. The number of benzene rings is 2. The number of nitrogens with one attached hydrogen (secondary N) is 1. The van der Waals surface area contributed by atoms with Gasteiger partial charge in [0.2, 0.25) is 5.91 Å². The first-order chi connectivity index (χ1) is 13.6. The van der Waals surface area contributed by atoms with E-state index in [1.165, 1.54) is 11.1 Å². The average Bonchev–Trinajstić information content (AvgIpc) is 3.42. The van der Waals surface area contributed by atoms with Crippen LogP contribution >= 0.6 is 0 Å². The number of urea groups is 1. The second-order valence-corrected chi connectivity index (χ2v) is 8.35. The summed E-state index contributed by atoms with van der Waals surface area (Å²) < 4.78 is 0. The quantitative estimate of drug-likeness (QED) is 0.839. The lowest BCUT2D eigenvalue weighted by molar-refractivity contribution is -0.117. The van der Waals surface area contributed by atoms with Crippen LogP contribution in [0.1, 0.15) is 42.4 Å². The minimum absolute atomic E-state index is 0.0202. The molecule has 0 radical (unpaired) electrons. The summed E-state index contributed by atoms with van der Waals surface area (Å²) in [5.41, 5.74) is 11.0. The van der Waals surface area contributed by atoms with E-state index in [1.807, 2.05) is 18.2 Å². The van der Waals surface area contributed by atoms with Crippen LogP contribution in [-0.4, -0.2) is 18.5 Å². The lowest BCUT2D eigenvalue weighted by Crippen LogP contribution is -2.39. The zero-order valence-corrected chi connectivity index (χ0v) is 15.9. The maximum atomic E-state index is 13.0. The van der Waals surface area contributed by atoms with Gasteiger partial charge in [-0.3, -0.25) is 9.69 Å².